The molecule has 132 valence electrons. The molecule has 1 amide bonds. The van der Waals surface area contributed by atoms with Crippen LogP contribution in [0.3, 0.4) is 0 Å². The molecule has 0 aliphatic rings. The van der Waals surface area contributed by atoms with Crippen molar-refractivity contribution in [2.24, 2.45) is 5.73 Å². The smallest absolute Gasteiger partial charge is 0.270 e. The lowest BCUT2D eigenvalue weighted by atomic mass is 10.1. The molecule has 0 bridgehead atoms. The highest BCUT2D eigenvalue weighted by Gasteiger charge is 2.18. The fourth-order valence-corrected chi connectivity index (χ4v) is 3.17. The van der Waals surface area contributed by atoms with Gasteiger partial charge in [0.25, 0.3) is 5.69 Å². The molecule has 0 aromatic heterocycles. The highest BCUT2D eigenvalue weighted by Crippen LogP contribution is 2.26. The second kappa shape index (κ2) is 7.31. The van der Waals surface area contributed by atoms with Crippen molar-refractivity contribution >= 4 is 27.1 Å². The third kappa shape index (κ3) is 4.77. The lowest BCUT2D eigenvalue weighted by Gasteiger charge is -2.11. The Morgan fingerprint density at radius 2 is 1.96 bits per heavy atom. The number of primary amides is 1. The summed E-state index contributed by atoms with van der Waals surface area (Å²) in [6, 6.07) is 10.4. The van der Waals surface area contributed by atoms with Gasteiger partial charge in [-0.25, -0.2) is 8.42 Å². The number of hydrogen-bond acceptors (Lipinski definition) is 6. The van der Waals surface area contributed by atoms with Crippen LogP contribution >= 0.6 is 0 Å². The number of rotatable bonds is 7. The van der Waals surface area contributed by atoms with Crippen molar-refractivity contribution in [3.8, 4) is 0 Å². The lowest BCUT2D eigenvalue weighted by molar-refractivity contribution is -0.385. The molecule has 2 aromatic rings. The number of carbonyl (C=O) groups is 1. The van der Waals surface area contributed by atoms with E-state index >= 15 is 0 Å². The maximum atomic E-state index is 11.9. The van der Waals surface area contributed by atoms with Gasteiger partial charge in [0.2, 0.25) is 5.91 Å². The van der Waals surface area contributed by atoms with Crippen molar-refractivity contribution in [2.75, 3.05) is 18.1 Å². The van der Waals surface area contributed by atoms with Crippen LogP contribution < -0.4 is 11.1 Å². The summed E-state index contributed by atoms with van der Waals surface area (Å²) in [5.74, 6) is -0.524. The van der Waals surface area contributed by atoms with Crippen molar-refractivity contribution in [1.82, 2.24) is 0 Å². The Morgan fingerprint density at radius 3 is 2.56 bits per heavy atom. The molecule has 0 saturated carbocycles. The Kier molecular flexibility index (Phi) is 5.38. The minimum atomic E-state index is -3.63. The number of nitro benzene ring substituents is 1. The number of nitrogens with zero attached hydrogens (tertiary/aromatic N) is 1. The Labute approximate surface area is 144 Å². The number of benzene rings is 2. The predicted octanol–water partition coefficient (Wildman–Crippen LogP) is 1.75. The molecule has 0 aliphatic heterocycles. The summed E-state index contributed by atoms with van der Waals surface area (Å²) >= 11 is 0. The van der Waals surface area contributed by atoms with Gasteiger partial charge < -0.3 is 11.1 Å². The number of nitro groups is 1. The zero-order valence-corrected chi connectivity index (χ0v) is 14.2. The van der Waals surface area contributed by atoms with Gasteiger partial charge in [0.15, 0.2) is 9.84 Å². The van der Waals surface area contributed by atoms with Crippen LogP contribution in [0.15, 0.2) is 47.4 Å². The summed E-state index contributed by atoms with van der Waals surface area (Å²) in [6.45, 7) is 0.378. The van der Waals surface area contributed by atoms with E-state index in [0.29, 0.717) is 24.2 Å². The van der Waals surface area contributed by atoms with Gasteiger partial charge in [0.05, 0.1) is 15.5 Å². The van der Waals surface area contributed by atoms with E-state index < -0.39 is 20.7 Å². The van der Waals surface area contributed by atoms with Gasteiger partial charge in [0, 0.05) is 30.5 Å². The van der Waals surface area contributed by atoms with Crippen molar-refractivity contribution in [1.29, 1.82) is 0 Å². The van der Waals surface area contributed by atoms with E-state index in [9.17, 15) is 23.3 Å². The van der Waals surface area contributed by atoms with E-state index in [2.05, 4.69) is 5.32 Å². The van der Waals surface area contributed by atoms with Crippen LogP contribution in [0, 0.1) is 10.1 Å². The highest BCUT2D eigenvalue weighted by molar-refractivity contribution is 7.90. The molecule has 2 aromatic carbocycles. The third-order valence-electron chi connectivity index (χ3n) is 3.52. The standard InChI is InChI=1S/C16H17N3O5S/c1-25(23,24)15-10-13(19(21)22)5-6-14(15)18-8-7-11-3-2-4-12(9-11)16(17)20/h2-6,9-10,18H,7-8H2,1H3,(H2,17,20). The fraction of sp³-hybridized carbons (Fsp3) is 0.188. The van der Waals surface area contributed by atoms with E-state index in [1.165, 1.54) is 12.1 Å². The van der Waals surface area contributed by atoms with Crippen LogP contribution in [0.4, 0.5) is 11.4 Å². The van der Waals surface area contributed by atoms with Crippen LogP contribution in [0.25, 0.3) is 0 Å². The van der Waals surface area contributed by atoms with E-state index in [1.54, 1.807) is 18.2 Å². The Balaban J connectivity index is 2.17. The summed E-state index contributed by atoms with van der Waals surface area (Å²) in [7, 11) is -3.63. The third-order valence-corrected chi connectivity index (χ3v) is 4.65. The second-order valence-electron chi connectivity index (χ2n) is 5.45. The van der Waals surface area contributed by atoms with Crippen molar-refractivity contribution in [3.63, 3.8) is 0 Å². The molecule has 8 nitrogen and oxygen atoms in total. The molecule has 0 atom stereocenters. The van der Waals surface area contributed by atoms with E-state index in [0.717, 1.165) is 17.9 Å². The molecule has 0 fully saturated rings. The molecule has 2 rings (SSSR count). The molecule has 0 unspecified atom stereocenters. The summed E-state index contributed by atoms with van der Waals surface area (Å²) in [6.07, 6.45) is 1.51. The SMILES string of the molecule is CS(=O)(=O)c1cc([N+](=O)[O-])ccc1NCCc1cccc(C(N)=O)c1. The maximum Gasteiger partial charge on any atom is 0.270 e. The maximum absolute atomic E-state index is 11.9. The van der Waals surface area contributed by atoms with Crippen LogP contribution in [-0.4, -0.2) is 32.0 Å². The van der Waals surface area contributed by atoms with Crippen molar-refractivity contribution in [2.45, 2.75) is 11.3 Å². The molecule has 0 heterocycles. The van der Waals surface area contributed by atoms with Gasteiger partial charge in [-0.2, -0.15) is 0 Å². The Hall–Kier alpha value is -2.94. The quantitative estimate of drug-likeness (QED) is 0.569. The summed E-state index contributed by atoms with van der Waals surface area (Å²) in [5, 5.41) is 13.8. The molecular weight excluding hydrogens is 346 g/mol. The van der Waals surface area contributed by atoms with Gasteiger partial charge >= 0.3 is 0 Å². The van der Waals surface area contributed by atoms with Gasteiger partial charge in [0.1, 0.15) is 0 Å². The predicted molar refractivity (Wildman–Crippen MR) is 93.4 cm³/mol. The number of nitrogens with two attached hydrogens (primary N) is 1. The Morgan fingerprint density at radius 1 is 1.24 bits per heavy atom. The number of hydrogen-bond donors (Lipinski definition) is 2. The molecule has 3 N–H and O–H groups in total. The number of amides is 1. The minimum absolute atomic E-state index is 0.132. The van der Waals surface area contributed by atoms with E-state index in [1.807, 2.05) is 6.07 Å². The largest absolute Gasteiger partial charge is 0.384 e. The van der Waals surface area contributed by atoms with Crippen LogP contribution in [0.5, 0.6) is 0 Å². The summed E-state index contributed by atoms with van der Waals surface area (Å²) in [4.78, 5) is 21.2. The van der Waals surface area contributed by atoms with E-state index in [4.69, 9.17) is 5.73 Å². The van der Waals surface area contributed by atoms with Crippen LogP contribution in [-0.2, 0) is 16.3 Å². The fourth-order valence-electron chi connectivity index (χ4n) is 2.30. The van der Waals surface area contributed by atoms with Crippen molar-refractivity contribution < 1.29 is 18.1 Å². The molecular formula is C16H17N3O5S. The monoisotopic (exact) mass is 363 g/mol. The lowest BCUT2D eigenvalue weighted by Crippen LogP contribution is -2.12. The normalized spacial score (nSPS) is 11.1. The first kappa shape index (κ1) is 18.4. The number of nitrogens with one attached hydrogen (secondary N) is 1. The topological polar surface area (TPSA) is 132 Å². The van der Waals surface area contributed by atoms with Gasteiger partial charge in [-0.3, -0.25) is 14.9 Å². The van der Waals surface area contributed by atoms with Crippen molar-refractivity contribution in [3.05, 3.63) is 63.7 Å². The number of sulfone groups is 1. The summed E-state index contributed by atoms with van der Waals surface area (Å²) < 4.78 is 23.7. The molecule has 0 spiro atoms. The molecule has 9 heteroatoms. The molecule has 25 heavy (non-hydrogen) atoms. The van der Waals surface area contributed by atoms with Crippen LogP contribution in [0.2, 0.25) is 0 Å². The van der Waals surface area contributed by atoms with Crippen LogP contribution in [0.1, 0.15) is 15.9 Å². The second-order valence-corrected chi connectivity index (χ2v) is 7.44. The molecule has 0 radical (unpaired) electrons. The average Bonchev–Trinajstić information content (AvgIpc) is 2.54. The summed E-state index contributed by atoms with van der Waals surface area (Å²) in [5.41, 5.74) is 6.48. The van der Waals surface area contributed by atoms with Gasteiger partial charge in [-0.05, 0) is 30.2 Å². The average molecular weight is 363 g/mol. The zero-order valence-electron chi connectivity index (χ0n) is 13.4. The first-order valence-corrected chi connectivity index (χ1v) is 9.19. The number of non-ortho nitro benzene ring substituents is 1. The number of anilines is 1. The first-order valence-electron chi connectivity index (χ1n) is 7.29. The molecule has 0 saturated heterocycles. The minimum Gasteiger partial charge on any atom is -0.384 e. The number of carbonyl (C=O) groups excluding carboxylic acids is 1. The zero-order chi connectivity index (χ0) is 18.6. The first-order chi connectivity index (χ1) is 11.7. The highest BCUT2D eigenvalue weighted by atomic mass is 32.2. The van der Waals surface area contributed by atoms with Gasteiger partial charge in [-0.15, -0.1) is 0 Å². The molecule has 0 aliphatic carbocycles. The Bertz CT molecular complexity index is 925. The van der Waals surface area contributed by atoms with Gasteiger partial charge in [-0.1, -0.05) is 12.1 Å². The van der Waals surface area contributed by atoms with E-state index in [-0.39, 0.29) is 10.6 Å².